The highest BCUT2D eigenvalue weighted by Crippen LogP contribution is 2.49. The summed E-state index contributed by atoms with van der Waals surface area (Å²) in [5.41, 5.74) is 1.16. The largest absolute Gasteiger partial charge is 0.395 e. The summed E-state index contributed by atoms with van der Waals surface area (Å²) in [6.45, 7) is 0.527. The number of carbonyl (C=O) groups excluding carboxylic acids is 1. The highest BCUT2D eigenvalue weighted by molar-refractivity contribution is 6.30. The zero-order valence-electron chi connectivity index (χ0n) is 10.8. The van der Waals surface area contributed by atoms with Gasteiger partial charge in [-0.2, -0.15) is 0 Å². The first-order chi connectivity index (χ1) is 9.20. The van der Waals surface area contributed by atoms with Crippen LogP contribution in [-0.2, 0) is 4.79 Å². The number of carbonyl (C=O) groups is 1. The van der Waals surface area contributed by atoms with Gasteiger partial charge in [-0.05, 0) is 42.9 Å². The predicted octanol–water partition coefficient (Wildman–Crippen LogP) is 2.43. The summed E-state index contributed by atoms with van der Waals surface area (Å²) >= 11 is 5.99. The Balaban J connectivity index is 1.66. The van der Waals surface area contributed by atoms with Gasteiger partial charge in [0.05, 0.1) is 6.61 Å². The lowest BCUT2D eigenvalue weighted by molar-refractivity contribution is -0.133. The van der Waals surface area contributed by atoms with E-state index in [9.17, 15) is 4.79 Å². The number of benzene rings is 1. The van der Waals surface area contributed by atoms with Crippen LogP contribution in [0.25, 0.3) is 0 Å². The van der Waals surface area contributed by atoms with Crippen LogP contribution in [0.4, 0.5) is 0 Å². The highest BCUT2D eigenvalue weighted by Gasteiger charge is 2.48. The molecule has 2 saturated carbocycles. The molecule has 0 spiro atoms. The van der Waals surface area contributed by atoms with Crippen LogP contribution in [0.5, 0.6) is 0 Å². The highest BCUT2D eigenvalue weighted by atomic mass is 35.5. The number of halogens is 1. The molecule has 3 nitrogen and oxygen atoms in total. The lowest BCUT2D eigenvalue weighted by Crippen LogP contribution is -2.36. The van der Waals surface area contributed by atoms with Crippen molar-refractivity contribution in [3.05, 3.63) is 34.9 Å². The Morgan fingerprint density at radius 2 is 2.21 bits per heavy atom. The summed E-state index contributed by atoms with van der Waals surface area (Å²) in [5.74, 6) is 0.610. The topological polar surface area (TPSA) is 40.5 Å². The molecule has 19 heavy (non-hydrogen) atoms. The molecule has 2 atom stereocenters. The van der Waals surface area contributed by atoms with Crippen LogP contribution in [0.2, 0.25) is 5.02 Å². The maximum absolute atomic E-state index is 12.4. The first-order valence-corrected chi connectivity index (χ1v) is 7.25. The molecule has 2 fully saturated rings. The Hall–Kier alpha value is -1.06. The molecule has 1 N–H and O–H groups in total. The Morgan fingerprint density at radius 1 is 1.42 bits per heavy atom. The normalized spacial score (nSPS) is 25.2. The summed E-state index contributed by atoms with van der Waals surface area (Å²) in [6.07, 6.45) is 3.08. The lowest BCUT2D eigenvalue weighted by Gasteiger charge is -2.21. The minimum Gasteiger partial charge on any atom is -0.395 e. The molecule has 2 aliphatic carbocycles. The van der Waals surface area contributed by atoms with Gasteiger partial charge in [-0.25, -0.2) is 0 Å². The molecule has 0 aliphatic heterocycles. The number of nitrogens with zero attached hydrogens (tertiary/aromatic N) is 1. The van der Waals surface area contributed by atoms with Crippen molar-refractivity contribution in [2.24, 2.45) is 5.92 Å². The van der Waals surface area contributed by atoms with Gasteiger partial charge in [0.2, 0.25) is 5.91 Å². The Bertz CT molecular complexity index is 487. The molecule has 1 aromatic rings. The Kier molecular flexibility index (Phi) is 3.50. The van der Waals surface area contributed by atoms with E-state index in [1.165, 1.54) is 0 Å². The van der Waals surface area contributed by atoms with Crippen molar-refractivity contribution < 1.29 is 9.90 Å². The van der Waals surface area contributed by atoms with E-state index in [0.29, 0.717) is 18.5 Å². The van der Waals surface area contributed by atoms with Crippen LogP contribution in [0.15, 0.2) is 24.3 Å². The number of hydrogen-bond acceptors (Lipinski definition) is 2. The van der Waals surface area contributed by atoms with Gasteiger partial charge < -0.3 is 10.0 Å². The number of rotatable bonds is 5. The van der Waals surface area contributed by atoms with Gasteiger partial charge in [0, 0.05) is 23.5 Å². The summed E-state index contributed by atoms with van der Waals surface area (Å²) in [7, 11) is 0. The molecule has 2 aliphatic rings. The molecule has 0 bridgehead atoms. The van der Waals surface area contributed by atoms with Gasteiger partial charge in [0.1, 0.15) is 0 Å². The molecule has 0 aromatic heterocycles. The smallest absolute Gasteiger partial charge is 0.226 e. The zero-order chi connectivity index (χ0) is 13.4. The molecule has 1 aromatic carbocycles. The fourth-order valence-corrected chi connectivity index (χ4v) is 2.95. The number of aliphatic hydroxyl groups excluding tert-OH is 1. The molecule has 3 rings (SSSR count). The molecule has 2 unspecified atom stereocenters. The Morgan fingerprint density at radius 3 is 2.84 bits per heavy atom. The molecule has 0 heterocycles. The molecular weight excluding hydrogens is 262 g/mol. The van der Waals surface area contributed by atoms with Crippen LogP contribution in [0.3, 0.4) is 0 Å². The fraction of sp³-hybridized carbons (Fsp3) is 0.533. The summed E-state index contributed by atoms with van der Waals surface area (Å²) < 4.78 is 0. The molecule has 4 heteroatoms. The average Bonchev–Trinajstić information content (AvgIpc) is 3.28. The maximum Gasteiger partial charge on any atom is 0.226 e. The lowest BCUT2D eigenvalue weighted by atomic mass is 10.1. The molecule has 102 valence electrons. The van der Waals surface area contributed by atoms with Crippen LogP contribution in [0, 0.1) is 5.92 Å². The van der Waals surface area contributed by atoms with E-state index in [2.05, 4.69) is 0 Å². The van der Waals surface area contributed by atoms with E-state index in [1.54, 1.807) is 0 Å². The number of amides is 1. The molecule has 0 radical (unpaired) electrons. The van der Waals surface area contributed by atoms with Crippen molar-refractivity contribution in [3.8, 4) is 0 Å². The minimum atomic E-state index is 0.0524. The summed E-state index contributed by atoms with van der Waals surface area (Å²) in [5, 5.41) is 9.80. The third-order valence-corrected chi connectivity index (χ3v) is 4.23. The molecular formula is C15H18ClNO2. The maximum atomic E-state index is 12.4. The first-order valence-electron chi connectivity index (χ1n) is 6.87. The van der Waals surface area contributed by atoms with Crippen LogP contribution < -0.4 is 0 Å². The van der Waals surface area contributed by atoms with Crippen molar-refractivity contribution in [1.82, 2.24) is 4.90 Å². The number of aliphatic hydroxyl groups is 1. The monoisotopic (exact) mass is 279 g/mol. The molecule has 0 saturated heterocycles. The minimum absolute atomic E-state index is 0.0524. The summed E-state index contributed by atoms with van der Waals surface area (Å²) in [6, 6.07) is 8.15. The standard InChI is InChI=1S/C15H18ClNO2/c16-11-3-1-2-10(8-11)13-9-14(13)15(19)17(6-7-18)12-4-5-12/h1-3,8,12-14,18H,4-7,9H2. The Labute approximate surface area is 118 Å². The van der Waals surface area contributed by atoms with Gasteiger partial charge in [-0.3, -0.25) is 4.79 Å². The van der Waals surface area contributed by atoms with Crippen molar-refractivity contribution in [3.63, 3.8) is 0 Å². The van der Waals surface area contributed by atoms with E-state index >= 15 is 0 Å². The second-order valence-corrected chi connectivity index (χ2v) is 5.93. The third-order valence-electron chi connectivity index (χ3n) is 4.00. The van der Waals surface area contributed by atoms with Gasteiger partial charge in [0.25, 0.3) is 0 Å². The van der Waals surface area contributed by atoms with Crippen LogP contribution in [0.1, 0.15) is 30.7 Å². The van der Waals surface area contributed by atoms with Gasteiger partial charge in [0.15, 0.2) is 0 Å². The third kappa shape index (κ3) is 2.77. The van der Waals surface area contributed by atoms with Gasteiger partial charge in [-0.1, -0.05) is 23.7 Å². The number of hydrogen-bond donors (Lipinski definition) is 1. The van der Waals surface area contributed by atoms with Crippen molar-refractivity contribution >= 4 is 17.5 Å². The van der Waals surface area contributed by atoms with Crippen LogP contribution >= 0.6 is 11.6 Å². The van der Waals surface area contributed by atoms with E-state index in [0.717, 1.165) is 29.8 Å². The SMILES string of the molecule is O=C(C1CC1c1cccc(Cl)c1)N(CCO)C1CC1. The van der Waals surface area contributed by atoms with Gasteiger partial charge in [-0.15, -0.1) is 0 Å². The first kappa shape index (κ1) is 12.9. The van der Waals surface area contributed by atoms with E-state index < -0.39 is 0 Å². The van der Waals surface area contributed by atoms with Crippen LogP contribution in [-0.4, -0.2) is 35.1 Å². The quantitative estimate of drug-likeness (QED) is 0.899. The zero-order valence-corrected chi connectivity index (χ0v) is 11.5. The average molecular weight is 280 g/mol. The van der Waals surface area contributed by atoms with Crippen molar-refractivity contribution in [1.29, 1.82) is 0 Å². The van der Waals surface area contributed by atoms with Crippen molar-refractivity contribution in [2.45, 2.75) is 31.2 Å². The predicted molar refractivity (Wildman–Crippen MR) is 74.1 cm³/mol. The fourth-order valence-electron chi connectivity index (χ4n) is 2.75. The van der Waals surface area contributed by atoms with E-state index in [-0.39, 0.29) is 18.4 Å². The molecule has 1 amide bonds. The van der Waals surface area contributed by atoms with Crippen molar-refractivity contribution in [2.75, 3.05) is 13.2 Å². The van der Waals surface area contributed by atoms with E-state index in [4.69, 9.17) is 16.7 Å². The second kappa shape index (κ2) is 5.14. The van der Waals surface area contributed by atoms with E-state index in [1.807, 2.05) is 29.2 Å². The second-order valence-electron chi connectivity index (χ2n) is 5.49. The van der Waals surface area contributed by atoms with Gasteiger partial charge >= 0.3 is 0 Å². The summed E-state index contributed by atoms with van der Waals surface area (Å²) in [4.78, 5) is 14.3.